The predicted molar refractivity (Wildman–Crippen MR) is 293 cm³/mol. The molecule has 0 fully saturated rings. The molecule has 0 saturated heterocycles. The summed E-state index contributed by atoms with van der Waals surface area (Å²) in [5.41, 5.74) is 24.1. The molecular formula is C62H73Cl2SiZr. The molecule has 0 heterocycles. The van der Waals surface area contributed by atoms with Crippen LogP contribution in [0.4, 0.5) is 0 Å². The van der Waals surface area contributed by atoms with Crippen LogP contribution in [0.1, 0.15) is 180 Å². The Kier molecular flexibility index (Phi) is 14.4. The topological polar surface area (TPSA) is 0 Å². The molecule has 0 nitrogen and oxygen atoms in total. The van der Waals surface area contributed by atoms with Crippen LogP contribution in [0.5, 0.6) is 0 Å². The molecule has 0 saturated carbocycles. The minimum absolute atomic E-state index is 0.107. The second-order valence-electron chi connectivity index (χ2n) is 21.3. The molecule has 0 N–H and O–H groups in total. The third kappa shape index (κ3) is 8.74. The van der Waals surface area contributed by atoms with Gasteiger partial charge in [0.25, 0.3) is 0 Å². The zero-order chi connectivity index (χ0) is 47.3. The van der Waals surface area contributed by atoms with Crippen molar-refractivity contribution >= 4 is 46.2 Å². The average molecular weight is 1010 g/mol. The number of allylic oxidation sites excluding steroid dienone is 2. The van der Waals surface area contributed by atoms with Gasteiger partial charge in [0.05, 0.1) is 0 Å². The van der Waals surface area contributed by atoms with Gasteiger partial charge < -0.3 is 0 Å². The third-order valence-electron chi connectivity index (χ3n) is 15.2. The summed E-state index contributed by atoms with van der Waals surface area (Å²) in [6.45, 7) is 28.2. The molecule has 0 aliphatic heterocycles. The van der Waals surface area contributed by atoms with E-state index in [0.29, 0.717) is 23.7 Å². The van der Waals surface area contributed by atoms with Crippen LogP contribution in [0.25, 0.3) is 45.6 Å². The fraction of sp³-hybridized carbons (Fsp3) is 0.355. The molecule has 8 rings (SSSR count). The maximum atomic E-state index is 9.31. The van der Waals surface area contributed by atoms with E-state index in [0.717, 1.165) is 25.7 Å². The van der Waals surface area contributed by atoms with Crippen LogP contribution in [0, 0.1) is 0 Å². The predicted octanol–water partition coefficient (Wildman–Crippen LogP) is 19.3. The van der Waals surface area contributed by atoms with Crippen molar-refractivity contribution in [3.63, 3.8) is 0 Å². The van der Waals surface area contributed by atoms with Gasteiger partial charge in [0, 0.05) is 0 Å². The van der Waals surface area contributed by atoms with Crippen molar-refractivity contribution < 1.29 is 15.6 Å². The van der Waals surface area contributed by atoms with Gasteiger partial charge in [-0.05, 0) is 0 Å². The molecule has 0 spiro atoms. The van der Waals surface area contributed by atoms with E-state index >= 15 is 0 Å². The van der Waals surface area contributed by atoms with Crippen LogP contribution in [0.15, 0.2) is 121 Å². The number of rotatable bonds is 15. The summed E-state index contributed by atoms with van der Waals surface area (Å²) < 4.78 is -0.213. The van der Waals surface area contributed by atoms with E-state index in [9.17, 15) is 17.0 Å². The zero-order valence-electron chi connectivity index (χ0n) is 41.8. The average Bonchev–Trinajstić information content (AvgIpc) is 3.90. The Morgan fingerprint density at radius 1 is 0.455 bits per heavy atom. The molecule has 0 radical (unpaired) electrons. The summed E-state index contributed by atoms with van der Waals surface area (Å²) in [6, 6.07) is 46.9. The van der Waals surface area contributed by atoms with Gasteiger partial charge in [-0.15, -0.1) is 0 Å². The summed E-state index contributed by atoms with van der Waals surface area (Å²) in [5, 5.41) is 0. The van der Waals surface area contributed by atoms with Crippen LogP contribution in [-0.2, 0) is 28.4 Å². The summed E-state index contributed by atoms with van der Waals surface area (Å²) in [5.74, 6) is -0.255. The first-order valence-corrected chi connectivity index (χ1v) is 41.5. The fourth-order valence-corrected chi connectivity index (χ4v) is 41.5. The van der Waals surface area contributed by atoms with Gasteiger partial charge in [-0.3, -0.25) is 0 Å². The molecule has 2 aliphatic rings. The van der Waals surface area contributed by atoms with Crippen molar-refractivity contribution in [1.29, 1.82) is 0 Å². The van der Waals surface area contributed by atoms with Crippen LogP contribution < -0.4 is 0 Å². The standard InChI is InChI=1S/2C30H33.C2H7Si.2ClH.Zr/c2*1-6-10-23-13-14-24-15-27(22-11-8-7-9-12-22)19-29(24)30(23)28-17-25(20(2)3)16-26(18-28)21(4)5;1-3-2;;;/h2*7-9,11-21H,6,10H2,1-5H3;3H,1-2H3;2*1H;/q;;;;;+2/p-2. The molecule has 343 valence electrons. The van der Waals surface area contributed by atoms with E-state index in [4.69, 9.17) is 0 Å². The molecule has 0 amide bonds. The molecule has 6 aromatic rings. The molecular weight excluding hydrogens is 935 g/mol. The summed E-state index contributed by atoms with van der Waals surface area (Å²) in [7, 11) is 18.6. The van der Waals surface area contributed by atoms with Crippen molar-refractivity contribution in [3.8, 4) is 22.3 Å². The van der Waals surface area contributed by atoms with E-state index in [1.165, 1.54) is 100 Å². The van der Waals surface area contributed by atoms with Crippen molar-refractivity contribution in [1.82, 2.24) is 0 Å². The molecule has 2 unspecified atom stereocenters. The normalized spacial score (nSPS) is 16.6. The van der Waals surface area contributed by atoms with E-state index in [1.54, 1.807) is 0 Å². The Labute approximate surface area is 407 Å². The van der Waals surface area contributed by atoms with Gasteiger partial charge in [-0.1, -0.05) is 0 Å². The number of hydrogen-bond acceptors (Lipinski definition) is 0. The van der Waals surface area contributed by atoms with Crippen LogP contribution in [-0.4, -0.2) is 5.92 Å². The quantitative estimate of drug-likeness (QED) is 0.0900. The molecule has 2 atom stereocenters. The van der Waals surface area contributed by atoms with Crippen molar-refractivity contribution in [2.75, 3.05) is 0 Å². The zero-order valence-corrected chi connectivity index (χ0v) is 47.0. The first-order chi connectivity index (χ1) is 31.5. The van der Waals surface area contributed by atoms with Crippen molar-refractivity contribution in [2.45, 2.75) is 139 Å². The summed E-state index contributed by atoms with van der Waals surface area (Å²) in [6.07, 6.45) is 9.28. The molecule has 4 heteroatoms. The first kappa shape index (κ1) is 48.9. The minimum atomic E-state index is -5.38. The second kappa shape index (κ2) is 19.5. The van der Waals surface area contributed by atoms with Gasteiger partial charge in [-0.25, -0.2) is 0 Å². The van der Waals surface area contributed by atoms with Crippen molar-refractivity contribution in [2.24, 2.45) is 0 Å². The van der Waals surface area contributed by atoms with Gasteiger partial charge in [0.2, 0.25) is 0 Å². The van der Waals surface area contributed by atoms with E-state index in [1.807, 2.05) is 0 Å². The molecule has 2 aliphatic carbocycles. The maximum absolute atomic E-state index is 9.31. The molecule has 0 bridgehead atoms. The van der Waals surface area contributed by atoms with Crippen LogP contribution in [0.3, 0.4) is 0 Å². The Balaban J connectivity index is 1.48. The number of benzene rings is 6. The molecule has 0 aromatic heterocycles. The molecule has 66 heavy (non-hydrogen) atoms. The van der Waals surface area contributed by atoms with E-state index < -0.39 is 21.5 Å². The summed E-state index contributed by atoms with van der Waals surface area (Å²) in [4.78, 5) is 0. The SMILES string of the molecule is CCCc1ccc2c(c1-c1cc(C(C)C)cc(C(C)C)c1)C=C(c1ccccc1)[CH]2[Zr]([Cl])([Cl])([CH]1C(c2ccccc2)=Cc2c1ccc(CCC)c2-c1cc(C(C)C)cc(C(C)C)c1)[SiH](C)C. The van der Waals surface area contributed by atoms with E-state index in [2.05, 4.69) is 216 Å². The van der Waals surface area contributed by atoms with Gasteiger partial charge in [0.15, 0.2) is 0 Å². The number of fused-ring (bicyclic) bond motifs is 2. The summed E-state index contributed by atoms with van der Waals surface area (Å²) >= 11 is -5.38. The van der Waals surface area contributed by atoms with Gasteiger partial charge in [-0.2, -0.15) is 0 Å². The van der Waals surface area contributed by atoms with Gasteiger partial charge in [0.1, 0.15) is 0 Å². The van der Waals surface area contributed by atoms with Gasteiger partial charge >= 0.3 is 411 Å². The van der Waals surface area contributed by atoms with E-state index in [-0.39, 0.29) is 7.25 Å². The molecule has 6 aromatic carbocycles. The Morgan fingerprint density at radius 2 is 0.788 bits per heavy atom. The fourth-order valence-electron chi connectivity index (χ4n) is 11.4. The first-order valence-electron chi connectivity index (χ1n) is 25.2. The second-order valence-corrected chi connectivity index (χ2v) is 63.8. The van der Waals surface area contributed by atoms with Crippen LogP contribution in [0.2, 0.25) is 13.1 Å². The number of hydrogen-bond donors (Lipinski definition) is 0. The Bertz CT molecular complexity index is 2570. The monoisotopic (exact) mass is 1010 g/mol. The number of halogens is 2. The Morgan fingerprint density at radius 3 is 1.08 bits per heavy atom. The third-order valence-corrected chi connectivity index (χ3v) is 66.8. The van der Waals surface area contributed by atoms with Crippen LogP contribution >= 0.6 is 17.0 Å². The Hall–Kier alpha value is -3.52. The van der Waals surface area contributed by atoms with Crippen molar-refractivity contribution in [3.05, 3.63) is 188 Å². The number of aryl methyl sites for hydroxylation is 2.